The lowest BCUT2D eigenvalue weighted by molar-refractivity contribution is 0.0698. The predicted octanol–water partition coefficient (Wildman–Crippen LogP) is 5.22. The molecule has 0 aliphatic rings. The maximum atomic E-state index is 12.4. The van der Waals surface area contributed by atoms with E-state index < -0.39 is 16.0 Å². The molecule has 2 N–H and O–H groups in total. The van der Waals surface area contributed by atoms with Crippen LogP contribution in [-0.4, -0.2) is 25.2 Å². The van der Waals surface area contributed by atoms with Gasteiger partial charge in [-0.3, -0.25) is 4.72 Å². The van der Waals surface area contributed by atoms with Crippen LogP contribution in [0.2, 0.25) is 0 Å². The summed E-state index contributed by atoms with van der Waals surface area (Å²) in [5, 5.41) is 11.3. The Morgan fingerprint density at radius 1 is 1.12 bits per heavy atom. The molecular formula is C19H25NO4S2. The second-order valence-corrected chi connectivity index (χ2v) is 9.02. The van der Waals surface area contributed by atoms with Gasteiger partial charge in [-0.15, -0.1) is 11.3 Å². The zero-order chi connectivity index (χ0) is 19.0. The summed E-state index contributed by atoms with van der Waals surface area (Å²) in [6.45, 7) is 2.14. The Bertz CT molecular complexity index is 814. The van der Waals surface area contributed by atoms with E-state index in [2.05, 4.69) is 11.6 Å². The summed E-state index contributed by atoms with van der Waals surface area (Å²) >= 11 is 1.52. The molecule has 7 heteroatoms. The third-order valence-corrected chi connectivity index (χ3v) is 6.36. The maximum absolute atomic E-state index is 12.4. The van der Waals surface area contributed by atoms with Crippen LogP contribution in [0.1, 0.15) is 55.8 Å². The quantitative estimate of drug-likeness (QED) is 0.511. The van der Waals surface area contributed by atoms with Gasteiger partial charge < -0.3 is 5.11 Å². The number of hydrogen-bond donors (Lipinski definition) is 2. The van der Waals surface area contributed by atoms with E-state index in [4.69, 9.17) is 0 Å². The monoisotopic (exact) mass is 395 g/mol. The average molecular weight is 396 g/mol. The summed E-state index contributed by atoms with van der Waals surface area (Å²) in [6.07, 6.45) is 5.91. The van der Waals surface area contributed by atoms with Crippen LogP contribution < -0.4 is 4.72 Å². The number of hydrogen-bond acceptors (Lipinski definition) is 4. The fourth-order valence-electron chi connectivity index (χ4n) is 2.70. The Morgan fingerprint density at radius 3 is 2.50 bits per heavy atom. The van der Waals surface area contributed by atoms with Gasteiger partial charge in [0.25, 0.3) is 0 Å². The van der Waals surface area contributed by atoms with Crippen LogP contribution in [0, 0.1) is 0 Å². The first-order chi connectivity index (χ1) is 12.4. The zero-order valence-corrected chi connectivity index (χ0v) is 16.5. The van der Waals surface area contributed by atoms with Crippen LogP contribution in [0.4, 0.5) is 5.69 Å². The highest BCUT2D eigenvalue weighted by Crippen LogP contribution is 2.29. The molecule has 0 saturated carbocycles. The van der Waals surface area contributed by atoms with E-state index in [0.29, 0.717) is 6.42 Å². The second kappa shape index (κ2) is 9.73. The predicted molar refractivity (Wildman–Crippen MR) is 107 cm³/mol. The highest BCUT2D eigenvalue weighted by atomic mass is 32.2. The molecule has 1 heterocycles. The molecule has 0 amide bonds. The molecule has 2 rings (SSSR count). The molecule has 1 aromatic heterocycles. The van der Waals surface area contributed by atoms with Crippen molar-refractivity contribution in [1.29, 1.82) is 0 Å². The van der Waals surface area contributed by atoms with Gasteiger partial charge in [-0.2, -0.15) is 0 Å². The molecule has 0 bridgehead atoms. The fourth-order valence-corrected chi connectivity index (χ4v) is 4.62. The summed E-state index contributed by atoms with van der Waals surface area (Å²) in [5.41, 5.74) is 0.869. The molecule has 1 aromatic carbocycles. The number of anilines is 1. The van der Waals surface area contributed by atoms with Gasteiger partial charge >= 0.3 is 5.97 Å². The zero-order valence-electron chi connectivity index (χ0n) is 14.9. The van der Waals surface area contributed by atoms with E-state index in [1.165, 1.54) is 23.8 Å². The minimum atomic E-state index is -3.58. The van der Waals surface area contributed by atoms with E-state index in [9.17, 15) is 18.3 Å². The van der Waals surface area contributed by atoms with Gasteiger partial charge in [-0.25, -0.2) is 13.2 Å². The van der Waals surface area contributed by atoms with Gasteiger partial charge in [0, 0.05) is 4.88 Å². The van der Waals surface area contributed by atoms with E-state index in [1.807, 2.05) is 17.5 Å². The molecule has 0 unspecified atom stereocenters. The highest BCUT2D eigenvalue weighted by molar-refractivity contribution is 7.92. The molecule has 0 atom stereocenters. The first-order valence-electron chi connectivity index (χ1n) is 8.84. The standard InChI is InChI=1S/C19H25NO4S2/c1-2-3-4-5-6-7-13-26(23,24)20-17-14-15(18-9-8-12-25-18)10-11-16(17)19(21)22/h8-12,14,20H,2-7,13H2,1H3,(H,21,22). The lowest BCUT2D eigenvalue weighted by Gasteiger charge is -2.12. The van der Waals surface area contributed by atoms with Crippen molar-refractivity contribution in [2.24, 2.45) is 0 Å². The van der Waals surface area contributed by atoms with Gasteiger partial charge in [0.15, 0.2) is 0 Å². The molecular weight excluding hydrogens is 370 g/mol. The smallest absolute Gasteiger partial charge is 0.337 e. The summed E-state index contributed by atoms with van der Waals surface area (Å²) in [6, 6.07) is 8.54. The molecule has 0 aliphatic carbocycles. The first kappa shape index (κ1) is 20.5. The Balaban J connectivity index is 2.08. The van der Waals surface area contributed by atoms with Crippen molar-refractivity contribution in [3.8, 4) is 10.4 Å². The van der Waals surface area contributed by atoms with Crippen LogP contribution in [0.5, 0.6) is 0 Å². The Labute approximate surface area is 159 Å². The first-order valence-corrected chi connectivity index (χ1v) is 11.4. The molecule has 26 heavy (non-hydrogen) atoms. The highest BCUT2D eigenvalue weighted by Gasteiger charge is 2.17. The van der Waals surface area contributed by atoms with Crippen molar-refractivity contribution in [3.05, 3.63) is 41.3 Å². The SMILES string of the molecule is CCCCCCCCS(=O)(=O)Nc1cc(-c2cccs2)ccc1C(=O)O. The number of nitrogens with one attached hydrogen (secondary N) is 1. The van der Waals surface area contributed by atoms with E-state index in [-0.39, 0.29) is 17.0 Å². The van der Waals surface area contributed by atoms with Crippen molar-refractivity contribution in [2.75, 3.05) is 10.5 Å². The molecule has 0 saturated heterocycles. The van der Waals surface area contributed by atoms with Crippen molar-refractivity contribution in [3.63, 3.8) is 0 Å². The summed E-state index contributed by atoms with van der Waals surface area (Å²) < 4.78 is 27.2. The van der Waals surface area contributed by atoms with Crippen LogP contribution in [0.15, 0.2) is 35.7 Å². The Morgan fingerprint density at radius 2 is 1.85 bits per heavy atom. The van der Waals surface area contributed by atoms with Gasteiger partial charge in [-0.1, -0.05) is 51.2 Å². The number of carboxylic acid groups (broad SMARTS) is 1. The molecule has 0 spiro atoms. The molecule has 0 fully saturated rings. The van der Waals surface area contributed by atoms with E-state index in [0.717, 1.165) is 36.1 Å². The lowest BCUT2D eigenvalue weighted by Crippen LogP contribution is -2.18. The molecule has 0 aliphatic heterocycles. The number of aromatic carboxylic acids is 1. The topological polar surface area (TPSA) is 83.5 Å². The van der Waals surface area contributed by atoms with Gasteiger partial charge in [0.05, 0.1) is 17.0 Å². The van der Waals surface area contributed by atoms with Crippen LogP contribution in [0.3, 0.4) is 0 Å². The summed E-state index contributed by atoms with van der Waals surface area (Å²) in [5.74, 6) is -1.15. The number of carbonyl (C=O) groups is 1. The number of unbranched alkanes of at least 4 members (excludes halogenated alkanes) is 5. The van der Waals surface area contributed by atoms with Crippen molar-refractivity contribution >= 4 is 33.0 Å². The molecule has 0 radical (unpaired) electrons. The molecule has 2 aromatic rings. The number of sulfonamides is 1. The molecule has 5 nitrogen and oxygen atoms in total. The van der Waals surface area contributed by atoms with Gasteiger partial charge in [0.1, 0.15) is 0 Å². The van der Waals surface area contributed by atoms with Crippen molar-refractivity contribution < 1.29 is 18.3 Å². The molecule has 142 valence electrons. The minimum Gasteiger partial charge on any atom is -0.478 e. The van der Waals surface area contributed by atoms with E-state index in [1.54, 1.807) is 12.1 Å². The number of benzene rings is 1. The number of thiophene rings is 1. The fraction of sp³-hybridized carbons (Fsp3) is 0.421. The average Bonchev–Trinajstić information content (AvgIpc) is 3.12. The Hall–Kier alpha value is -1.86. The van der Waals surface area contributed by atoms with Crippen LogP contribution in [-0.2, 0) is 10.0 Å². The second-order valence-electron chi connectivity index (χ2n) is 6.23. The summed E-state index contributed by atoms with van der Waals surface area (Å²) in [4.78, 5) is 12.4. The van der Waals surface area contributed by atoms with E-state index >= 15 is 0 Å². The minimum absolute atomic E-state index is 0.00140. The largest absolute Gasteiger partial charge is 0.478 e. The van der Waals surface area contributed by atoms with Crippen LogP contribution in [0.25, 0.3) is 10.4 Å². The van der Waals surface area contributed by atoms with Gasteiger partial charge in [0.2, 0.25) is 10.0 Å². The third-order valence-electron chi connectivity index (χ3n) is 4.09. The lowest BCUT2D eigenvalue weighted by atomic mass is 10.1. The number of rotatable bonds is 11. The normalized spacial score (nSPS) is 11.4. The third kappa shape index (κ3) is 6.14. The summed E-state index contributed by atoms with van der Waals surface area (Å²) in [7, 11) is -3.58. The Kier molecular flexibility index (Phi) is 7.66. The maximum Gasteiger partial charge on any atom is 0.337 e. The van der Waals surface area contributed by atoms with Crippen molar-refractivity contribution in [1.82, 2.24) is 0 Å². The van der Waals surface area contributed by atoms with Crippen LogP contribution >= 0.6 is 11.3 Å². The van der Waals surface area contributed by atoms with Gasteiger partial charge in [-0.05, 0) is 35.6 Å². The number of carboxylic acids is 1. The van der Waals surface area contributed by atoms with Crippen molar-refractivity contribution in [2.45, 2.75) is 45.4 Å².